The highest BCUT2D eigenvalue weighted by atomic mass is 35.5. The minimum atomic E-state index is -1.69. The van der Waals surface area contributed by atoms with Crippen LogP contribution in [0, 0.1) is 0 Å². The Morgan fingerprint density at radius 1 is 1.67 bits per heavy atom. The lowest BCUT2D eigenvalue weighted by Crippen LogP contribution is -2.32. The molecule has 0 amide bonds. The molecule has 0 aromatic carbocycles. The summed E-state index contributed by atoms with van der Waals surface area (Å²) in [6, 6.07) is 0. The Kier molecular flexibility index (Phi) is 2.66. The highest BCUT2D eigenvalue weighted by molar-refractivity contribution is 6.47. The van der Waals surface area contributed by atoms with Crippen LogP contribution >= 0.6 is 34.8 Å². The highest BCUT2D eigenvalue weighted by Crippen LogP contribution is 2.34. The maximum Gasteiger partial charge on any atom is 0.347 e. The molecule has 1 atom stereocenters. The van der Waals surface area contributed by atoms with E-state index in [1.807, 2.05) is 0 Å². The van der Waals surface area contributed by atoms with Gasteiger partial charge in [-0.25, -0.2) is 4.79 Å². The number of allylic oxidation sites excluding steroid dienone is 1. The van der Waals surface area contributed by atoms with E-state index in [2.05, 4.69) is 4.99 Å². The van der Waals surface area contributed by atoms with Gasteiger partial charge in [0.05, 0.1) is 5.03 Å². The number of carbonyl (C=O) groups is 1. The third kappa shape index (κ3) is 1.73. The molecule has 1 rings (SSSR count). The van der Waals surface area contributed by atoms with Crippen molar-refractivity contribution in [3.63, 3.8) is 0 Å². The summed E-state index contributed by atoms with van der Waals surface area (Å²) in [5, 5.41) is 9.07. The fraction of sp³-hybridized carbons (Fsp3) is 0.333. The van der Waals surface area contributed by atoms with Gasteiger partial charge in [-0.3, -0.25) is 4.99 Å². The van der Waals surface area contributed by atoms with Crippen LogP contribution in [0.25, 0.3) is 0 Å². The highest BCUT2D eigenvalue weighted by Gasteiger charge is 2.38. The van der Waals surface area contributed by atoms with Crippen molar-refractivity contribution in [2.75, 3.05) is 0 Å². The average molecular weight is 228 g/mol. The molecule has 6 heteroatoms. The molecule has 0 fully saturated rings. The maximum absolute atomic E-state index is 10.6. The molecule has 1 N–H and O–H groups in total. The maximum atomic E-state index is 10.6. The van der Waals surface area contributed by atoms with Gasteiger partial charge >= 0.3 is 5.97 Å². The van der Waals surface area contributed by atoms with E-state index in [9.17, 15) is 4.79 Å². The number of carboxylic acid groups (broad SMARTS) is 1. The first kappa shape index (κ1) is 9.84. The molecule has 66 valence electrons. The Morgan fingerprint density at radius 3 is 2.67 bits per heavy atom. The molecule has 3 nitrogen and oxygen atoms in total. The van der Waals surface area contributed by atoms with E-state index in [0.717, 1.165) is 6.21 Å². The van der Waals surface area contributed by atoms with Crippen LogP contribution in [0.3, 0.4) is 0 Å². The van der Waals surface area contributed by atoms with Crippen LogP contribution in [0.4, 0.5) is 0 Å². The first-order chi connectivity index (χ1) is 5.46. The van der Waals surface area contributed by atoms with Crippen LogP contribution in [-0.2, 0) is 4.79 Å². The number of hydrogen-bond acceptors (Lipinski definition) is 2. The zero-order valence-electron chi connectivity index (χ0n) is 5.72. The Bertz CT molecular complexity index is 287. The van der Waals surface area contributed by atoms with Crippen molar-refractivity contribution in [2.45, 2.75) is 11.4 Å². The van der Waals surface area contributed by atoms with Gasteiger partial charge in [0.25, 0.3) is 0 Å². The number of carboxylic acids is 1. The molecular weight excluding hydrogens is 224 g/mol. The number of aliphatic carboxylic acids is 1. The predicted molar refractivity (Wildman–Crippen MR) is 48.1 cm³/mol. The molecule has 1 aliphatic rings. The van der Waals surface area contributed by atoms with E-state index in [1.54, 1.807) is 0 Å². The largest absolute Gasteiger partial charge is 0.479 e. The fourth-order valence-electron chi connectivity index (χ4n) is 0.696. The number of dihydropyridines is 1. The number of alkyl halides is 1. The topological polar surface area (TPSA) is 49.7 Å². The summed E-state index contributed by atoms with van der Waals surface area (Å²) < 4.78 is 0. The van der Waals surface area contributed by atoms with Crippen molar-refractivity contribution in [2.24, 2.45) is 4.99 Å². The van der Waals surface area contributed by atoms with E-state index < -0.39 is 11.0 Å². The van der Waals surface area contributed by atoms with Crippen molar-refractivity contribution < 1.29 is 9.90 Å². The molecule has 1 unspecified atom stereocenters. The lowest BCUT2D eigenvalue weighted by Gasteiger charge is -2.20. The van der Waals surface area contributed by atoms with E-state index in [0.29, 0.717) is 0 Å². The summed E-state index contributed by atoms with van der Waals surface area (Å²) in [6.45, 7) is 0. The zero-order valence-corrected chi connectivity index (χ0v) is 7.99. The monoisotopic (exact) mass is 227 g/mol. The molecule has 0 saturated heterocycles. The normalized spacial score (nSPS) is 29.2. The van der Waals surface area contributed by atoms with Crippen LogP contribution in [0.2, 0.25) is 0 Å². The van der Waals surface area contributed by atoms with Crippen LogP contribution < -0.4 is 0 Å². The number of aliphatic imine (C=N–C) groups is 1. The molecule has 1 heterocycles. The minimum Gasteiger partial charge on any atom is -0.479 e. The predicted octanol–water partition coefficient (Wildman–Crippen LogP) is 2.17. The van der Waals surface area contributed by atoms with Gasteiger partial charge in [0.15, 0.2) is 0 Å². The Morgan fingerprint density at radius 2 is 2.25 bits per heavy atom. The van der Waals surface area contributed by atoms with Gasteiger partial charge in [0.2, 0.25) is 5.00 Å². The summed E-state index contributed by atoms with van der Waals surface area (Å²) in [5.41, 5.74) is 0. The van der Waals surface area contributed by atoms with Crippen molar-refractivity contribution in [3.8, 4) is 0 Å². The standard InChI is InChI=1S/C6H4Cl3NO2/c7-3-1-6(9,5(11)12)10-2-4(3)8/h2H,1H2,(H,11,12). The number of hydrogen-bond donors (Lipinski definition) is 1. The van der Waals surface area contributed by atoms with E-state index >= 15 is 0 Å². The number of rotatable bonds is 1. The first-order valence-electron chi connectivity index (χ1n) is 2.97. The molecule has 0 saturated carbocycles. The summed E-state index contributed by atoms with van der Waals surface area (Å²) in [7, 11) is 0. The van der Waals surface area contributed by atoms with E-state index in [4.69, 9.17) is 39.9 Å². The van der Waals surface area contributed by atoms with Gasteiger partial charge in [-0.1, -0.05) is 34.8 Å². The molecule has 0 aliphatic carbocycles. The molecule has 0 aromatic rings. The van der Waals surface area contributed by atoms with E-state index in [-0.39, 0.29) is 16.5 Å². The lowest BCUT2D eigenvalue weighted by molar-refractivity contribution is -0.139. The van der Waals surface area contributed by atoms with Gasteiger partial charge in [-0.05, 0) is 0 Å². The van der Waals surface area contributed by atoms with Crippen molar-refractivity contribution >= 4 is 47.0 Å². The van der Waals surface area contributed by atoms with Gasteiger partial charge in [0.1, 0.15) is 0 Å². The fourth-order valence-corrected chi connectivity index (χ4v) is 1.30. The van der Waals surface area contributed by atoms with Gasteiger partial charge in [-0.15, -0.1) is 0 Å². The molecular formula is C6H4Cl3NO2. The molecule has 1 aliphatic heterocycles. The summed E-state index contributed by atoms with van der Waals surface area (Å²) >= 11 is 16.7. The second-order valence-corrected chi connectivity index (χ2v) is 3.74. The molecule has 0 bridgehead atoms. The Labute approximate surface area is 83.6 Å². The summed E-state index contributed by atoms with van der Waals surface area (Å²) in [6.07, 6.45) is 1.06. The third-order valence-corrected chi connectivity index (χ3v) is 2.51. The van der Waals surface area contributed by atoms with Crippen LogP contribution in [0.1, 0.15) is 6.42 Å². The first-order valence-corrected chi connectivity index (χ1v) is 4.11. The van der Waals surface area contributed by atoms with Crippen molar-refractivity contribution in [1.29, 1.82) is 0 Å². The SMILES string of the molecule is O=C(O)C1(Cl)CC(Cl)=C(Cl)C=N1. The smallest absolute Gasteiger partial charge is 0.347 e. The van der Waals surface area contributed by atoms with E-state index in [1.165, 1.54) is 0 Å². The zero-order chi connectivity index (χ0) is 9.35. The van der Waals surface area contributed by atoms with Crippen molar-refractivity contribution in [3.05, 3.63) is 10.1 Å². The molecule has 0 aromatic heterocycles. The second-order valence-electron chi connectivity index (χ2n) is 2.25. The van der Waals surface area contributed by atoms with Gasteiger partial charge in [0, 0.05) is 17.7 Å². The van der Waals surface area contributed by atoms with Crippen molar-refractivity contribution in [1.82, 2.24) is 0 Å². The molecule has 0 radical (unpaired) electrons. The third-order valence-electron chi connectivity index (χ3n) is 1.36. The number of halogens is 3. The molecule has 12 heavy (non-hydrogen) atoms. The quantitative estimate of drug-likeness (QED) is 0.552. The average Bonchev–Trinajstić information content (AvgIpc) is 1.97. The van der Waals surface area contributed by atoms with Crippen LogP contribution in [0.15, 0.2) is 15.1 Å². The Hall–Kier alpha value is -0.250. The van der Waals surface area contributed by atoms with Gasteiger partial charge in [-0.2, -0.15) is 0 Å². The Balaban J connectivity index is 2.94. The minimum absolute atomic E-state index is 0.0826. The van der Waals surface area contributed by atoms with Crippen LogP contribution in [0.5, 0.6) is 0 Å². The summed E-state index contributed by atoms with van der Waals surface area (Å²) in [4.78, 5) is 12.4. The summed E-state index contributed by atoms with van der Waals surface area (Å²) in [5.74, 6) is -1.23. The lowest BCUT2D eigenvalue weighted by atomic mass is 10.1. The number of nitrogens with zero attached hydrogens (tertiary/aromatic N) is 1. The van der Waals surface area contributed by atoms with Gasteiger partial charge < -0.3 is 5.11 Å². The van der Waals surface area contributed by atoms with Crippen LogP contribution in [-0.4, -0.2) is 22.3 Å². The second kappa shape index (κ2) is 3.24. The molecule has 0 spiro atoms.